The molecule has 0 aliphatic carbocycles. The van der Waals surface area contributed by atoms with E-state index >= 15 is 0 Å². The Balaban J connectivity index is 1.46. The number of benzene rings is 2. The van der Waals surface area contributed by atoms with Gasteiger partial charge in [-0.2, -0.15) is 0 Å². The fourth-order valence-electron chi connectivity index (χ4n) is 3.14. The zero-order chi connectivity index (χ0) is 22.4. The Labute approximate surface area is 178 Å². The first-order chi connectivity index (χ1) is 14.8. The molecule has 1 atom stereocenters. The minimum Gasteiger partial charge on any atom is -0.453 e. The number of aryl methyl sites for hydroxylation is 2. The van der Waals surface area contributed by atoms with Crippen LogP contribution in [0.4, 0.5) is 4.39 Å². The van der Waals surface area contributed by atoms with Crippen molar-refractivity contribution in [2.45, 2.75) is 45.9 Å². The van der Waals surface area contributed by atoms with Gasteiger partial charge in [0, 0.05) is 19.5 Å². The highest BCUT2D eigenvalue weighted by molar-refractivity contribution is 5.83. The van der Waals surface area contributed by atoms with E-state index in [1.807, 2.05) is 19.1 Å². The third-order valence-electron chi connectivity index (χ3n) is 4.89. The Bertz CT molecular complexity index is 1140. The van der Waals surface area contributed by atoms with E-state index < -0.39 is 18.0 Å². The number of hydrogen-bond donors (Lipinski definition) is 1. The average molecular weight is 425 g/mol. The number of ether oxygens (including phenoxy) is 1. The highest BCUT2D eigenvalue weighted by Crippen LogP contribution is 2.11. The molecule has 3 aromatic rings. The van der Waals surface area contributed by atoms with Crippen molar-refractivity contribution in [3.05, 3.63) is 76.1 Å². The summed E-state index contributed by atoms with van der Waals surface area (Å²) in [5.74, 6) is -1.32. The maximum atomic E-state index is 12.9. The van der Waals surface area contributed by atoms with Crippen molar-refractivity contribution in [1.29, 1.82) is 0 Å². The molecule has 0 fully saturated rings. The molecule has 1 N–H and O–H groups in total. The smallest absolute Gasteiger partial charge is 0.306 e. The van der Waals surface area contributed by atoms with Gasteiger partial charge in [0.15, 0.2) is 6.10 Å². The van der Waals surface area contributed by atoms with Crippen LogP contribution >= 0.6 is 0 Å². The molecule has 162 valence electrons. The van der Waals surface area contributed by atoms with Crippen molar-refractivity contribution in [2.24, 2.45) is 0 Å². The number of amides is 1. The Morgan fingerprint density at radius 2 is 1.94 bits per heavy atom. The van der Waals surface area contributed by atoms with Gasteiger partial charge in [-0.25, -0.2) is 9.37 Å². The summed E-state index contributed by atoms with van der Waals surface area (Å²) in [7, 11) is 0. The summed E-state index contributed by atoms with van der Waals surface area (Å²) in [6, 6.07) is 11.2. The van der Waals surface area contributed by atoms with E-state index in [0.29, 0.717) is 23.9 Å². The third-order valence-corrected chi connectivity index (χ3v) is 4.89. The fourth-order valence-corrected chi connectivity index (χ4v) is 3.14. The molecule has 3 rings (SSSR count). The first-order valence-corrected chi connectivity index (χ1v) is 10.0. The molecular formula is C23H24FN3O4. The number of fused-ring (bicyclic) bond motifs is 1. The lowest BCUT2D eigenvalue weighted by Gasteiger charge is -2.14. The van der Waals surface area contributed by atoms with Crippen LogP contribution in [0.3, 0.4) is 0 Å². The molecule has 7 nitrogen and oxygen atoms in total. The largest absolute Gasteiger partial charge is 0.453 e. The molecule has 8 heteroatoms. The number of halogens is 1. The van der Waals surface area contributed by atoms with Gasteiger partial charge < -0.3 is 10.1 Å². The van der Waals surface area contributed by atoms with Crippen LogP contribution in [-0.4, -0.2) is 27.5 Å². The van der Waals surface area contributed by atoms with Crippen molar-refractivity contribution in [3.63, 3.8) is 0 Å². The van der Waals surface area contributed by atoms with Gasteiger partial charge in [-0.05, 0) is 49.6 Å². The normalized spacial score (nSPS) is 11.8. The second kappa shape index (κ2) is 9.97. The van der Waals surface area contributed by atoms with Crippen LogP contribution in [-0.2, 0) is 27.4 Å². The Morgan fingerprint density at radius 1 is 1.19 bits per heavy atom. The van der Waals surface area contributed by atoms with Crippen LogP contribution in [0.25, 0.3) is 10.9 Å². The lowest BCUT2D eigenvalue weighted by Crippen LogP contribution is -2.35. The minimum atomic E-state index is -0.957. The van der Waals surface area contributed by atoms with Gasteiger partial charge in [0.2, 0.25) is 0 Å². The van der Waals surface area contributed by atoms with Crippen molar-refractivity contribution >= 4 is 22.8 Å². The minimum absolute atomic E-state index is 0.0634. The summed E-state index contributed by atoms with van der Waals surface area (Å²) in [6.45, 7) is 3.90. The summed E-state index contributed by atoms with van der Waals surface area (Å²) >= 11 is 0. The van der Waals surface area contributed by atoms with Gasteiger partial charge in [0.05, 0.1) is 17.2 Å². The summed E-state index contributed by atoms with van der Waals surface area (Å²) < 4.78 is 19.5. The number of rotatable bonds is 8. The molecule has 0 bridgehead atoms. The summed E-state index contributed by atoms with van der Waals surface area (Å²) in [5.41, 5.74) is 2.18. The molecule has 0 unspecified atom stereocenters. The lowest BCUT2D eigenvalue weighted by molar-refractivity contribution is -0.155. The Morgan fingerprint density at radius 3 is 2.68 bits per heavy atom. The summed E-state index contributed by atoms with van der Waals surface area (Å²) in [6.07, 6.45) is 0.963. The molecule has 0 saturated heterocycles. The zero-order valence-electron chi connectivity index (χ0n) is 17.4. The highest BCUT2D eigenvalue weighted by atomic mass is 19.1. The number of para-hydroxylation sites is 1. The van der Waals surface area contributed by atoms with Crippen molar-refractivity contribution in [3.8, 4) is 0 Å². The number of nitrogens with zero attached hydrogens (tertiary/aromatic N) is 2. The highest BCUT2D eigenvalue weighted by Gasteiger charge is 2.17. The molecule has 2 aromatic carbocycles. The molecule has 1 aromatic heterocycles. The van der Waals surface area contributed by atoms with E-state index in [0.717, 1.165) is 11.1 Å². The summed E-state index contributed by atoms with van der Waals surface area (Å²) in [4.78, 5) is 41.0. The van der Waals surface area contributed by atoms with Gasteiger partial charge in [-0.15, -0.1) is 0 Å². The zero-order valence-corrected chi connectivity index (χ0v) is 17.4. The third kappa shape index (κ3) is 5.75. The lowest BCUT2D eigenvalue weighted by atomic mass is 10.1. The van der Waals surface area contributed by atoms with Crippen LogP contribution in [0, 0.1) is 12.7 Å². The van der Waals surface area contributed by atoms with Gasteiger partial charge in [-0.3, -0.25) is 19.0 Å². The predicted octanol–water partition coefficient (Wildman–Crippen LogP) is 2.87. The molecule has 0 radical (unpaired) electrons. The molecule has 31 heavy (non-hydrogen) atoms. The van der Waals surface area contributed by atoms with Gasteiger partial charge in [-0.1, -0.05) is 24.3 Å². The fraction of sp³-hybridized carbons (Fsp3) is 0.304. The van der Waals surface area contributed by atoms with E-state index in [9.17, 15) is 18.8 Å². The van der Waals surface area contributed by atoms with Crippen LogP contribution < -0.4 is 10.9 Å². The van der Waals surface area contributed by atoms with Crippen LogP contribution in [0.5, 0.6) is 0 Å². The molecule has 0 aliphatic rings. The van der Waals surface area contributed by atoms with Crippen LogP contribution in [0.1, 0.15) is 30.9 Å². The van der Waals surface area contributed by atoms with Crippen molar-refractivity contribution in [2.75, 3.05) is 0 Å². The number of nitrogens with one attached hydrogen (secondary N) is 1. The predicted molar refractivity (Wildman–Crippen MR) is 114 cm³/mol. The Kier molecular flexibility index (Phi) is 7.12. The number of carbonyl (C=O) groups is 2. The monoisotopic (exact) mass is 425 g/mol. The second-order valence-electron chi connectivity index (χ2n) is 7.29. The van der Waals surface area contributed by atoms with Crippen LogP contribution in [0.15, 0.2) is 53.6 Å². The Hall–Kier alpha value is -3.55. The average Bonchev–Trinajstić information content (AvgIpc) is 2.75. The standard InChI is InChI=1S/C23H24FN3O4/c1-15-5-3-6-19-21(15)26-14-27(23(19)30)12-4-7-20(28)31-16(2)22(29)25-13-17-8-10-18(24)11-9-17/h3,5-6,8-11,14,16H,4,7,12-13H2,1-2H3,(H,25,29)/t16-/m0/s1. The van der Waals surface area contributed by atoms with E-state index in [1.54, 1.807) is 18.2 Å². The van der Waals surface area contributed by atoms with E-state index in [4.69, 9.17) is 4.74 Å². The SMILES string of the molecule is Cc1cccc2c(=O)n(CCCC(=O)O[C@@H](C)C(=O)NCc3ccc(F)cc3)cnc12. The molecule has 0 saturated carbocycles. The number of aromatic nitrogens is 2. The van der Waals surface area contributed by atoms with Gasteiger partial charge in [0.25, 0.3) is 11.5 Å². The maximum Gasteiger partial charge on any atom is 0.306 e. The molecule has 1 amide bonds. The summed E-state index contributed by atoms with van der Waals surface area (Å²) in [5, 5.41) is 3.18. The topological polar surface area (TPSA) is 90.3 Å². The quantitative estimate of drug-likeness (QED) is 0.561. The van der Waals surface area contributed by atoms with Crippen molar-refractivity contribution in [1.82, 2.24) is 14.9 Å². The van der Waals surface area contributed by atoms with E-state index in [-0.39, 0.29) is 24.3 Å². The first-order valence-electron chi connectivity index (χ1n) is 10.0. The second-order valence-corrected chi connectivity index (χ2v) is 7.29. The number of esters is 1. The molecule has 0 aliphatic heterocycles. The first kappa shape index (κ1) is 22.1. The van der Waals surface area contributed by atoms with E-state index in [2.05, 4.69) is 10.3 Å². The molecular weight excluding hydrogens is 401 g/mol. The van der Waals surface area contributed by atoms with Crippen molar-refractivity contribution < 1.29 is 18.7 Å². The van der Waals surface area contributed by atoms with Gasteiger partial charge in [0.1, 0.15) is 5.82 Å². The maximum absolute atomic E-state index is 12.9. The van der Waals surface area contributed by atoms with Crippen LogP contribution in [0.2, 0.25) is 0 Å². The van der Waals surface area contributed by atoms with Gasteiger partial charge >= 0.3 is 5.97 Å². The number of hydrogen-bond acceptors (Lipinski definition) is 5. The van der Waals surface area contributed by atoms with E-state index in [1.165, 1.54) is 30.0 Å². The molecule has 0 spiro atoms. The number of carbonyl (C=O) groups excluding carboxylic acids is 2. The molecule has 1 heterocycles.